The van der Waals surface area contributed by atoms with Crippen molar-refractivity contribution in [3.63, 3.8) is 0 Å². The molecule has 1 atom stereocenters. The highest BCUT2D eigenvalue weighted by atomic mass is 31.1. The van der Waals surface area contributed by atoms with Gasteiger partial charge in [0.25, 0.3) is 0 Å². The summed E-state index contributed by atoms with van der Waals surface area (Å²) in [5, 5.41) is 10.8. The lowest BCUT2D eigenvalue weighted by atomic mass is 10.3. The van der Waals surface area contributed by atoms with Crippen molar-refractivity contribution in [3.8, 4) is 0 Å². The van der Waals surface area contributed by atoms with Crippen LogP contribution < -0.4 is 0 Å². The summed E-state index contributed by atoms with van der Waals surface area (Å²) in [5.41, 5.74) is 0. The van der Waals surface area contributed by atoms with Gasteiger partial charge in [0.05, 0.1) is 8.46 Å². The quantitative estimate of drug-likeness (QED) is 0.317. The molecule has 0 aromatic heterocycles. The lowest BCUT2D eigenvalue weighted by molar-refractivity contribution is 0.562. The summed E-state index contributed by atoms with van der Waals surface area (Å²) in [7, 11) is -0.469. The van der Waals surface area contributed by atoms with Crippen molar-refractivity contribution >= 4 is 20.6 Å². The molecule has 0 saturated carbocycles. The van der Waals surface area contributed by atoms with E-state index in [1.54, 1.807) is 0 Å². The van der Waals surface area contributed by atoms with Crippen LogP contribution >= 0.6 is 8.46 Å². The Morgan fingerprint density at radius 2 is 1.54 bits per heavy atom. The molecule has 6 heteroatoms. The predicted molar refractivity (Wildman–Crippen MR) is 51.6 cm³/mol. The van der Waals surface area contributed by atoms with Gasteiger partial charge in [-0.3, -0.25) is 0 Å². The first-order valence-corrected chi connectivity index (χ1v) is 5.05. The zero-order valence-electron chi connectivity index (χ0n) is 7.63. The van der Waals surface area contributed by atoms with E-state index in [4.69, 9.17) is 20.4 Å². The van der Waals surface area contributed by atoms with Crippen molar-refractivity contribution in [2.24, 2.45) is 0 Å². The fourth-order valence-corrected chi connectivity index (χ4v) is 0.933. The van der Waals surface area contributed by atoms with Crippen LogP contribution in [0, 0.1) is 10.8 Å². The number of unbranched alkanes of at least 4 members (excludes halogenated alkanes) is 2. The molecule has 0 aromatic carbocycles. The van der Waals surface area contributed by atoms with Crippen LogP contribution in [-0.2, 0) is 14.2 Å². The molecular formula is C7H15N2O3P. The Morgan fingerprint density at radius 3 is 1.77 bits per heavy atom. The highest BCUT2D eigenvalue weighted by molar-refractivity contribution is 7.23. The molecule has 5 nitrogen and oxygen atoms in total. The van der Waals surface area contributed by atoms with E-state index in [0.29, 0.717) is 0 Å². The minimum absolute atomic E-state index is 0.469. The maximum atomic E-state index is 9.89. The number of nitrogens with one attached hydrogen (secondary N) is 2. The molecule has 1 unspecified atom stereocenters. The van der Waals surface area contributed by atoms with Crippen LogP contribution in [0.5, 0.6) is 0 Å². The highest BCUT2D eigenvalue weighted by Crippen LogP contribution is 2.00. The SMILES string of the molecule is CCCCC[PH2]=O.N=C=O.N=C=O. The van der Waals surface area contributed by atoms with Crippen LogP contribution in [0.25, 0.3) is 0 Å². The van der Waals surface area contributed by atoms with Gasteiger partial charge in [0.1, 0.15) is 0 Å². The molecule has 0 aromatic rings. The van der Waals surface area contributed by atoms with E-state index < -0.39 is 8.46 Å². The van der Waals surface area contributed by atoms with Crippen molar-refractivity contribution in [1.29, 1.82) is 10.8 Å². The predicted octanol–water partition coefficient (Wildman–Crippen LogP) is 1.73. The van der Waals surface area contributed by atoms with E-state index in [1.807, 2.05) is 0 Å². The third-order valence-electron chi connectivity index (χ3n) is 0.926. The van der Waals surface area contributed by atoms with Gasteiger partial charge >= 0.3 is 0 Å². The van der Waals surface area contributed by atoms with Crippen molar-refractivity contribution in [3.05, 3.63) is 0 Å². The first-order valence-electron chi connectivity index (χ1n) is 3.76. The zero-order valence-corrected chi connectivity index (χ0v) is 8.79. The molecule has 0 heterocycles. The topological polar surface area (TPSA) is 98.9 Å². The number of hydrogen-bond donors (Lipinski definition) is 2. The second kappa shape index (κ2) is 30.6. The molecule has 0 aliphatic rings. The molecule has 0 aliphatic heterocycles. The molecule has 2 N–H and O–H groups in total. The lowest BCUT2D eigenvalue weighted by Crippen LogP contribution is -1.71. The molecule has 76 valence electrons. The van der Waals surface area contributed by atoms with Crippen LogP contribution in [0.3, 0.4) is 0 Å². The van der Waals surface area contributed by atoms with Crippen molar-refractivity contribution in [2.75, 3.05) is 6.16 Å². The van der Waals surface area contributed by atoms with Crippen LogP contribution in [-0.4, -0.2) is 18.3 Å². The summed E-state index contributed by atoms with van der Waals surface area (Å²) >= 11 is 0. The Hall–Kier alpha value is -1.01. The minimum Gasteiger partial charge on any atom is -0.330 e. The number of isocyanates is 2. The molecular weight excluding hydrogens is 191 g/mol. The Labute approximate surface area is 78.8 Å². The smallest absolute Gasteiger partial charge is 0.231 e. The van der Waals surface area contributed by atoms with Crippen LogP contribution in [0.1, 0.15) is 26.2 Å². The van der Waals surface area contributed by atoms with Crippen LogP contribution in [0.4, 0.5) is 0 Å². The van der Waals surface area contributed by atoms with E-state index in [1.165, 1.54) is 12.8 Å². The normalized spacial score (nSPS) is 7.15. The van der Waals surface area contributed by atoms with Crippen molar-refractivity contribution in [1.82, 2.24) is 0 Å². The van der Waals surface area contributed by atoms with Crippen molar-refractivity contribution in [2.45, 2.75) is 26.2 Å². The molecule has 0 amide bonds. The van der Waals surface area contributed by atoms with E-state index in [0.717, 1.165) is 24.7 Å². The molecule has 0 fully saturated rings. The average Bonchev–Trinajstić information content (AvgIpc) is 2.08. The first-order chi connectivity index (χ1) is 6.24. The minimum atomic E-state index is -0.469. The fraction of sp³-hybridized carbons (Fsp3) is 0.714. The molecule has 0 bridgehead atoms. The molecule has 0 radical (unpaired) electrons. The van der Waals surface area contributed by atoms with Gasteiger partial charge in [0.15, 0.2) is 0 Å². The standard InChI is InChI=1S/C5H13OP.2CHNO/c1-2-3-4-5-7-6;2*2-1-3/h2-5,7H2,1H3;2*2H. The van der Waals surface area contributed by atoms with Gasteiger partial charge in [-0.05, 0) is 12.6 Å². The van der Waals surface area contributed by atoms with E-state index >= 15 is 0 Å². The second-order valence-electron chi connectivity index (χ2n) is 1.87. The Kier molecular flexibility index (Phi) is 42.1. The van der Waals surface area contributed by atoms with Gasteiger partial charge in [-0.15, -0.1) is 0 Å². The monoisotopic (exact) mass is 206 g/mol. The van der Waals surface area contributed by atoms with E-state index in [-0.39, 0.29) is 0 Å². The third kappa shape index (κ3) is 99.4. The molecule has 0 spiro atoms. The van der Waals surface area contributed by atoms with E-state index in [9.17, 15) is 4.57 Å². The lowest BCUT2D eigenvalue weighted by Gasteiger charge is -1.86. The Bertz CT molecular complexity index is 149. The van der Waals surface area contributed by atoms with Crippen molar-refractivity contribution < 1.29 is 14.2 Å². The zero-order chi connectivity index (χ0) is 10.9. The van der Waals surface area contributed by atoms with E-state index in [2.05, 4.69) is 6.92 Å². The summed E-state index contributed by atoms with van der Waals surface area (Å²) < 4.78 is 9.89. The fourth-order valence-electron chi connectivity index (χ4n) is 0.478. The van der Waals surface area contributed by atoms with Gasteiger partial charge < -0.3 is 4.57 Å². The maximum Gasteiger partial charge on any atom is 0.231 e. The van der Waals surface area contributed by atoms with Gasteiger partial charge in [-0.2, -0.15) is 0 Å². The van der Waals surface area contributed by atoms with Gasteiger partial charge in [-0.1, -0.05) is 19.8 Å². The highest BCUT2D eigenvalue weighted by Gasteiger charge is 1.79. The van der Waals surface area contributed by atoms with Gasteiger partial charge in [-0.25, -0.2) is 20.4 Å². The van der Waals surface area contributed by atoms with Gasteiger partial charge in [0, 0.05) is 0 Å². The largest absolute Gasteiger partial charge is 0.330 e. The van der Waals surface area contributed by atoms with Crippen LogP contribution in [0.2, 0.25) is 0 Å². The summed E-state index contributed by atoms with van der Waals surface area (Å²) in [6.45, 7) is 2.15. The molecule has 13 heavy (non-hydrogen) atoms. The Balaban J connectivity index is -0.000000140. The maximum absolute atomic E-state index is 9.89. The number of carbonyl (C=O) groups excluding carboxylic acids is 2. The number of hydrogen-bond acceptors (Lipinski definition) is 5. The number of rotatable bonds is 4. The Morgan fingerprint density at radius 1 is 1.15 bits per heavy atom. The summed E-state index contributed by atoms with van der Waals surface area (Å²) in [4.78, 5) is 16.7. The van der Waals surface area contributed by atoms with Gasteiger partial charge in [0.2, 0.25) is 12.2 Å². The molecule has 0 rings (SSSR count). The third-order valence-corrected chi connectivity index (χ3v) is 1.57. The molecule has 0 saturated heterocycles. The molecule has 0 aliphatic carbocycles. The first kappa shape index (κ1) is 17.9. The summed E-state index contributed by atoms with van der Waals surface area (Å²) in [5.74, 6) is 0. The van der Waals surface area contributed by atoms with Crippen LogP contribution in [0.15, 0.2) is 0 Å². The average molecular weight is 206 g/mol. The second-order valence-corrected chi connectivity index (χ2v) is 2.78. The summed E-state index contributed by atoms with van der Waals surface area (Å²) in [6.07, 6.45) is 6.10. The summed E-state index contributed by atoms with van der Waals surface area (Å²) in [6, 6.07) is 0.